The van der Waals surface area contributed by atoms with Crippen LogP contribution in [-0.2, 0) is 6.54 Å². The van der Waals surface area contributed by atoms with Gasteiger partial charge < -0.3 is 9.84 Å². The lowest BCUT2D eigenvalue weighted by molar-refractivity contribution is 0.379. The number of aromatic nitrogens is 4. The Labute approximate surface area is 86.7 Å². The van der Waals surface area contributed by atoms with Gasteiger partial charge in [-0.3, -0.25) is 0 Å². The van der Waals surface area contributed by atoms with Crippen molar-refractivity contribution in [2.75, 3.05) is 5.32 Å². The van der Waals surface area contributed by atoms with Crippen LogP contribution in [0.4, 0.5) is 5.82 Å². The molecule has 0 saturated carbocycles. The van der Waals surface area contributed by atoms with E-state index in [4.69, 9.17) is 4.52 Å². The molecule has 0 atom stereocenters. The molecule has 0 bridgehead atoms. The summed E-state index contributed by atoms with van der Waals surface area (Å²) < 4.78 is 4.94. The predicted octanol–water partition coefficient (Wildman–Crippen LogP) is 1.09. The fraction of sp³-hybridized carbons (Fsp3) is 0.333. The summed E-state index contributed by atoms with van der Waals surface area (Å²) in [4.78, 5) is 4.05. The molecule has 0 aromatic carbocycles. The van der Waals surface area contributed by atoms with Crippen molar-refractivity contribution in [2.45, 2.75) is 20.4 Å². The van der Waals surface area contributed by atoms with Crippen LogP contribution in [0.15, 0.2) is 16.7 Å². The van der Waals surface area contributed by atoms with E-state index in [0.29, 0.717) is 24.1 Å². The van der Waals surface area contributed by atoms with Crippen molar-refractivity contribution in [1.29, 1.82) is 0 Å². The molecule has 2 rings (SSSR count). The SMILES string of the molecule is Cc1ccc(NCc2nc(C)no2)nn1. The van der Waals surface area contributed by atoms with Crippen molar-refractivity contribution in [3.8, 4) is 0 Å². The number of rotatable bonds is 3. The average molecular weight is 205 g/mol. The smallest absolute Gasteiger partial charge is 0.245 e. The first-order chi connectivity index (χ1) is 7.24. The Morgan fingerprint density at radius 1 is 1.27 bits per heavy atom. The Morgan fingerprint density at radius 3 is 2.73 bits per heavy atom. The zero-order chi connectivity index (χ0) is 10.7. The Hall–Kier alpha value is -1.98. The minimum absolute atomic E-state index is 0.457. The summed E-state index contributed by atoms with van der Waals surface area (Å²) in [6, 6.07) is 3.74. The van der Waals surface area contributed by atoms with Gasteiger partial charge in [0.15, 0.2) is 5.82 Å². The van der Waals surface area contributed by atoms with Gasteiger partial charge in [0.1, 0.15) is 5.82 Å². The summed E-state index contributed by atoms with van der Waals surface area (Å²) in [5, 5.41) is 14.6. The first-order valence-electron chi connectivity index (χ1n) is 4.57. The quantitative estimate of drug-likeness (QED) is 0.808. The molecule has 2 aromatic heterocycles. The maximum absolute atomic E-state index is 4.94. The molecule has 6 heteroatoms. The molecule has 0 aliphatic rings. The molecule has 0 fully saturated rings. The van der Waals surface area contributed by atoms with E-state index >= 15 is 0 Å². The highest BCUT2D eigenvalue weighted by atomic mass is 16.5. The molecular formula is C9H11N5O. The molecule has 2 heterocycles. The standard InChI is InChI=1S/C9H11N5O/c1-6-3-4-8(13-12-6)10-5-9-11-7(2)14-15-9/h3-4H,5H2,1-2H3,(H,10,13). The number of nitrogens with zero attached hydrogens (tertiary/aromatic N) is 4. The van der Waals surface area contributed by atoms with Crippen molar-refractivity contribution in [1.82, 2.24) is 20.3 Å². The molecule has 15 heavy (non-hydrogen) atoms. The Kier molecular flexibility index (Phi) is 2.57. The normalized spacial score (nSPS) is 10.3. The van der Waals surface area contributed by atoms with Crippen LogP contribution < -0.4 is 5.32 Å². The zero-order valence-electron chi connectivity index (χ0n) is 8.56. The molecule has 78 valence electrons. The van der Waals surface area contributed by atoms with Gasteiger partial charge >= 0.3 is 0 Å². The van der Waals surface area contributed by atoms with Crippen LogP contribution in [0.5, 0.6) is 0 Å². The molecule has 0 aliphatic carbocycles. The van der Waals surface area contributed by atoms with Crippen molar-refractivity contribution in [2.24, 2.45) is 0 Å². The van der Waals surface area contributed by atoms with Crippen LogP contribution in [0, 0.1) is 13.8 Å². The van der Waals surface area contributed by atoms with Gasteiger partial charge in [-0.15, -0.1) is 5.10 Å². The average Bonchev–Trinajstić information content (AvgIpc) is 2.64. The van der Waals surface area contributed by atoms with E-state index in [-0.39, 0.29) is 0 Å². The summed E-state index contributed by atoms with van der Waals surface area (Å²) >= 11 is 0. The third kappa shape index (κ3) is 2.49. The van der Waals surface area contributed by atoms with E-state index in [9.17, 15) is 0 Å². The fourth-order valence-corrected chi connectivity index (χ4v) is 1.07. The zero-order valence-corrected chi connectivity index (χ0v) is 8.56. The maximum atomic E-state index is 4.94. The van der Waals surface area contributed by atoms with Crippen LogP contribution in [0.25, 0.3) is 0 Å². The van der Waals surface area contributed by atoms with E-state index in [0.717, 1.165) is 5.69 Å². The number of aryl methyl sites for hydroxylation is 2. The predicted molar refractivity (Wildman–Crippen MR) is 53.1 cm³/mol. The van der Waals surface area contributed by atoms with E-state index in [1.165, 1.54) is 0 Å². The largest absolute Gasteiger partial charge is 0.360 e. The maximum Gasteiger partial charge on any atom is 0.245 e. The summed E-state index contributed by atoms with van der Waals surface area (Å²) in [6.07, 6.45) is 0. The molecule has 1 N–H and O–H groups in total. The second-order valence-corrected chi connectivity index (χ2v) is 3.15. The third-order valence-corrected chi connectivity index (χ3v) is 1.79. The van der Waals surface area contributed by atoms with E-state index < -0.39 is 0 Å². The molecule has 6 nitrogen and oxygen atoms in total. The van der Waals surface area contributed by atoms with Crippen LogP contribution in [-0.4, -0.2) is 20.3 Å². The van der Waals surface area contributed by atoms with Crippen molar-refractivity contribution < 1.29 is 4.52 Å². The van der Waals surface area contributed by atoms with Gasteiger partial charge in [-0.2, -0.15) is 10.1 Å². The van der Waals surface area contributed by atoms with Gasteiger partial charge in [0.05, 0.1) is 12.2 Å². The Morgan fingerprint density at radius 2 is 2.13 bits per heavy atom. The molecule has 0 unspecified atom stereocenters. The molecule has 2 aromatic rings. The van der Waals surface area contributed by atoms with Crippen molar-refractivity contribution >= 4 is 5.82 Å². The second-order valence-electron chi connectivity index (χ2n) is 3.15. The van der Waals surface area contributed by atoms with Gasteiger partial charge in [-0.05, 0) is 26.0 Å². The topological polar surface area (TPSA) is 76.7 Å². The van der Waals surface area contributed by atoms with Gasteiger partial charge in [0.25, 0.3) is 0 Å². The minimum Gasteiger partial charge on any atom is -0.360 e. The van der Waals surface area contributed by atoms with Gasteiger partial charge in [0, 0.05) is 0 Å². The van der Waals surface area contributed by atoms with Crippen LogP contribution in [0.3, 0.4) is 0 Å². The van der Waals surface area contributed by atoms with Crippen molar-refractivity contribution in [3.05, 3.63) is 29.5 Å². The molecule has 0 amide bonds. The molecule has 0 radical (unpaired) electrons. The first kappa shape index (κ1) is 9.57. The highest BCUT2D eigenvalue weighted by Crippen LogP contribution is 2.03. The first-order valence-corrected chi connectivity index (χ1v) is 4.57. The van der Waals surface area contributed by atoms with Crippen LogP contribution in [0.1, 0.15) is 17.4 Å². The Balaban J connectivity index is 1.96. The molecule has 0 saturated heterocycles. The molecular weight excluding hydrogens is 194 g/mol. The molecule has 0 spiro atoms. The van der Waals surface area contributed by atoms with Crippen LogP contribution in [0.2, 0.25) is 0 Å². The van der Waals surface area contributed by atoms with Crippen molar-refractivity contribution in [3.63, 3.8) is 0 Å². The molecule has 0 aliphatic heterocycles. The second kappa shape index (κ2) is 4.04. The van der Waals surface area contributed by atoms with Gasteiger partial charge in [0.2, 0.25) is 5.89 Å². The monoisotopic (exact) mass is 205 g/mol. The highest BCUT2D eigenvalue weighted by Gasteiger charge is 2.02. The third-order valence-electron chi connectivity index (χ3n) is 1.79. The number of hydrogen-bond donors (Lipinski definition) is 1. The number of nitrogens with one attached hydrogen (secondary N) is 1. The Bertz CT molecular complexity index is 436. The van der Waals surface area contributed by atoms with Crippen LogP contribution >= 0.6 is 0 Å². The summed E-state index contributed by atoms with van der Waals surface area (Å²) in [6.45, 7) is 4.12. The number of hydrogen-bond acceptors (Lipinski definition) is 6. The minimum atomic E-state index is 0.457. The highest BCUT2D eigenvalue weighted by molar-refractivity contribution is 5.32. The van der Waals surface area contributed by atoms with Gasteiger partial charge in [-0.1, -0.05) is 5.16 Å². The lowest BCUT2D eigenvalue weighted by Gasteiger charge is -2.00. The summed E-state index contributed by atoms with van der Waals surface area (Å²) in [5.74, 6) is 1.85. The van der Waals surface area contributed by atoms with Gasteiger partial charge in [-0.25, -0.2) is 0 Å². The summed E-state index contributed by atoms with van der Waals surface area (Å²) in [5.41, 5.74) is 0.884. The lowest BCUT2D eigenvalue weighted by Crippen LogP contribution is -2.02. The van der Waals surface area contributed by atoms with E-state index in [2.05, 4.69) is 25.7 Å². The number of anilines is 1. The summed E-state index contributed by atoms with van der Waals surface area (Å²) in [7, 11) is 0. The van der Waals surface area contributed by atoms with E-state index in [1.807, 2.05) is 19.1 Å². The fourth-order valence-electron chi connectivity index (χ4n) is 1.07. The lowest BCUT2D eigenvalue weighted by atomic mass is 10.4. The van der Waals surface area contributed by atoms with E-state index in [1.54, 1.807) is 6.92 Å².